The third-order valence-corrected chi connectivity index (χ3v) is 2.85. The van der Waals surface area contributed by atoms with Gasteiger partial charge in [-0.05, 0) is 33.3 Å². The molecule has 0 aromatic carbocycles. The summed E-state index contributed by atoms with van der Waals surface area (Å²) < 4.78 is 5.52. The first-order valence-corrected chi connectivity index (χ1v) is 6.50. The Labute approximate surface area is 114 Å². The maximum absolute atomic E-state index is 12.4. The molecule has 1 aliphatic heterocycles. The molecule has 0 aromatic heterocycles. The summed E-state index contributed by atoms with van der Waals surface area (Å²) in [6.45, 7) is 7.64. The second kappa shape index (κ2) is 7.74. The molecule has 0 spiro atoms. The molecule has 5 nitrogen and oxygen atoms in total. The first kappa shape index (κ1) is 15.4. The molecule has 1 aliphatic rings. The van der Waals surface area contributed by atoms with E-state index in [1.165, 1.54) is 6.20 Å². The molecule has 0 bridgehead atoms. The van der Waals surface area contributed by atoms with E-state index in [1.54, 1.807) is 11.0 Å². The monoisotopic (exact) mass is 266 g/mol. The molecule has 1 atom stereocenters. The van der Waals surface area contributed by atoms with Crippen LogP contribution in [0.2, 0.25) is 0 Å². The summed E-state index contributed by atoms with van der Waals surface area (Å²) in [5, 5.41) is 2.43. The molecule has 0 saturated carbocycles. The molecule has 1 unspecified atom stereocenters. The van der Waals surface area contributed by atoms with Crippen LogP contribution in [0.25, 0.3) is 0 Å². The van der Waals surface area contributed by atoms with E-state index in [9.17, 15) is 9.59 Å². The van der Waals surface area contributed by atoms with Crippen LogP contribution in [0.3, 0.4) is 0 Å². The molecule has 1 rings (SSSR count). The second-order valence-corrected chi connectivity index (χ2v) is 4.87. The van der Waals surface area contributed by atoms with Crippen molar-refractivity contribution in [2.24, 2.45) is 0 Å². The van der Waals surface area contributed by atoms with Gasteiger partial charge in [0.25, 0.3) is 5.91 Å². The van der Waals surface area contributed by atoms with Gasteiger partial charge in [-0.25, -0.2) is 0 Å². The third-order valence-electron chi connectivity index (χ3n) is 2.85. The lowest BCUT2D eigenvalue weighted by Crippen LogP contribution is -2.34. The Morgan fingerprint density at radius 3 is 2.74 bits per heavy atom. The van der Waals surface area contributed by atoms with Crippen LogP contribution in [-0.2, 0) is 14.3 Å². The minimum absolute atomic E-state index is 0.0757. The van der Waals surface area contributed by atoms with E-state index in [-0.39, 0.29) is 12.0 Å². The quantitative estimate of drug-likeness (QED) is 0.473. The maximum atomic E-state index is 12.4. The maximum Gasteiger partial charge on any atom is 0.255 e. The van der Waals surface area contributed by atoms with Crippen molar-refractivity contribution < 1.29 is 14.3 Å². The van der Waals surface area contributed by atoms with Gasteiger partial charge in [0.1, 0.15) is 0 Å². The average molecular weight is 266 g/mol. The average Bonchev–Trinajstić information content (AvgIpc) is 2.58. The van der Waals surface area contributed by atoms with Crippen LogP contribution >= 0.6 is 0 Å². The van der Waals surface area contributed by atoms with Crippen LogP contribution in [0.4, 0.5) is 0 Å². The van der Waals surface area contributed by atoms with E-state index >= 15 is 0 Å². The molecule has 1 saturated heterocycles. The van der Waals surface area contributed by atoms with E-state index in [0.717, 1.165) is 12.0 Å². The fourth-order valence-electron chi connectivity index (χ4n) is 1.88. The van der Waals surface area contributed by atoms with Gasteiger partial charge in [-0.3, -0.25) is 9.59 Å². The Hall–Kier alpha value is -1.62. The summed E-state index contributed by atoms with van der Waals surface area (Å²) in [4.78, 5) is 24.5. The zero-order valence-electron chi connectivity index (χ0n) is 11.8. The number of nitrogens with one attached hydrogen (secondary N) is 1. The zero-order valence-corrected chi connectivity index (χ0v) is 11.8. The third kappa shape index (κ3) is 5.26. The number of carbonyl (C=O) groups excluding carboxylic acids is 2. The number of nitrogens with zero attached hydrogens (tertiary/aromatic N) is 1. The second-order valence-electron chi connectivity index (χ2n) is 4.87. The zero-order chi connectivity index (χ0) is 14.3. The van der Waals surface area contributed by atoms with Gasteiger partial charge in [-0.15, -0.1) is 0 Å². The van der Waals surface area contributed by atoms with Gasteiger partial charge in [0.2, 0.25) is 6.41 Å². The van der Waals surface area contributed by atoms with Crippen molar-refractivity contribution in [1.82, 2.24) is 10.2 Å². The van der Waals surface area contributed by atoms with Crippen LogP contribution in [0, 0.1) is 0 Å². The van der Waals surface area contributed by atoms with Crippen molar-refractivity contribution in [1.29, 1.82) is 0 Å². The van der Waals surface area contributed by atoms with E-state index in [4.69, 9.17) is 4.74 Å². The highest BCUT2D eigenvalue weighted by atomic mass is 16.5. The molecule has 5 heteroatoms. The highest BCUT2D eigenvalue weighted by Crippen LogP contribution is 2.11. The van der Waals surface area contributed by atoms with Crippen LogP contribution in [0.5, 0.6) is 0 Å². The lowest BCUT2D eigenvalue weighted by Gasteiger charge is -2.20. The topological polar surface area (TPSA) is 58.6 Å². The van der Waals surface area contributed by atoms with Crippen LogP contribution in [-0.4, -0.2) is 43.0 Å². The Morgan fingerprint density at radius 2 is 2.11 bits per heavy atom. The lowest BCUT2D eigenvalue weighted by atomic mass is 10.1. The lowest BCUT2D eigenvalue weighted by molar-refractivity contribution is -0.126. The predicted octanol–water partition coefficient (Wildman–Crippen LogP) is 1.22. The minimum atomic E-state index is -0.0757. The Morgan fingerprint density at radius 1 is 1.37 bits per heavy atom. The summed E-state index contributed by atoms with van der Waals surface area (Å²) in [7, 11) is 0. The van der Waals surface area contributed by atoms with Crippen molar-refractivity contribution in [2.45, 2.75) is 33.3 Å². The van der Waals surface area contributed by atoms with Gasteiger partial charge in [0, 0.05) is 19.3 Å². The summed E-state index contributed by atoms with van der Waals surface area (Å²) in [5.41, 5.74) is 1.49. The van der Waals surface area contributed by atoms with E-state index in [1.807, 2.05) is 20.8 Å². The number of hydrogen-bond acceptors (Lipinski definition) is 3. The number of amides is 2. The standard InChI is InChI=1S/C14H22N2O3/c1-11(2)8-13(9-15-10-17)14(18)16-5-4-12(3)19-7-6-16/h8-10,12H,4-7H2,1-3H3,(H,15,17)/b13-9+. The van der Waals surface area contributed by atoms with Crippen molar-refractivity contribution in [2.75, 3.05) is 19.7 Å². The molecule has 2 amide bonds. The van der Waals surface area contributed by atoms with Crippen molar-refractivity contribution in [3.8, 4) is 0 Å². The van der Waals surface area contributed by atoms with E-state index in [0.29, 0.717) is 31.7 Å². The number of rotatable bonds is 4. The van der Waals surface area contributed by atoms with Gasteiger partial charge >= 0.3 is 0 Å². The molecule has 19 heavy (non-hydrogen) atoms. The normalized spacial score (nSPS) is 20.5. The minimum Gasteiger partial charge on any atom is -0.377 e. The summed E-state index contributed by atoms with van der Waals surface area (Å²) >= 11 is 0. The number of carbonyl (C=O) groups is 2. The van der Waals surface area contributed by atoms with Crippen LogP contribution < -0.4 is 5.32 Å². The largest absolute Gasteiger partial charge is 0.377 e. The summed E-state index contributed by atoms with van der Waals surface area (Å²) in [6.07, 6.45) is 4.78. The van der Waals surface area contributed by atoms with Crippen LogP contribution in [0.1, 0.15) is 27.2 Å². The Bertz CT molecular complexity index is 384. The molecule has 1 N–H and O–H groups in total. The van der Waals surface area contributed by atoms with Crippen LogP contribution in [0.15, 0.2) is 23.4 Å². The molecule has 1 fully saturated rings. The summed E-state index contributed by atoms with van der Waals surface area (Å²) in [5.74, 6) is -0.0757. The molecule has 106 valence electrons. The molecular weight excluding hydrogens is 244 g/mol. The van der Waals surface area contributed by atoms with Crippen molar-refractivity contribution in [3.05, 3.63) is 23.4 Å². The van der Waals surface area contributed by atoms with Gasteiger partial charge < -0.3 is 15.0 Å². The van der Waals surface area contributed by atoms with Crippen molar-refractivity contribution >= 4 is 12.3 Å². The predicted molar refractivity (Wildman–Crippen MR) is 73.3 cm³/mol. The van der Waals surface area contributed by atoms with Crippen molar-refractivity contribution in [3.63, 3.8) is 0 Å². The fourth-order valence-corrected chi connectivity index (χ4v) is 1.88. The van der Waals surface area contributed by atoms with E-state index < -0.39 is 0 Å². The fraction of sp³-hybridized carbons (Fsp3) is 0.571. The highest BCUT2D eigenvalue weighted by Gasteiger charge is 2.20. The van der Waals surface area contributed by atoms with Gasteiger partial charge in [-0.2, -0.15) is 0 Å². The summed E-state index contributed by atoms with van der Waals surface area (Å²) in [6, 6.07) is 0. The molecule has 0 aromatic rings. The number of allylic oxidation sites excluding steroid dienone is 1. The molecular formula is C14H22N2O3. The molecule has 0 radical (unpaired) electrons. The van der Waals surface area contributed by atoms with Gasteiger partial charge in [0.05, 0.1) is 18.3 Å². The number of hydrogen-bond donors (Lipinski definition) is 1. The SMILES string of the molecule is CC(C)=C/C(=C\NC=O)C(=O)N1CCOC(C)CC1. The number of ether oxygens (including phenoxy) is 1. The van der Waals surface area contributed by atoms with Gasteiger partial charge in [-0.1, -0.05) is 5.57 Å². The smallest absolute Gasteiger partial charge is 0.255 e. The Balaban J connectivity index is 2.80. The van der Waals surface area contributed by atoms with E-state index in [2.05, 4.69) is 5.32 Å². The first-order chi connectivity index (χ1) is 9.04. The Kier molecular flexibility index (Phi) is 6.29. The first-order valence-electron chi connectivity index (χ1n) is 6.50. The molecule has 0 aliphatic carbocycles. The highest BCUT2D eigenvalue weighted by molar-refractivity contribution is 5.96. The van der Waals surface area contributed by atoms with Gasteiger partial charge in [0.15, 0.2) is 0 Å². The molecule has 1 heterocycles.